The number of primary amides is 1. The van der Waals surface area contributed by atoms with Gasteiger partial charge in [-0.25, -0.2) is 4.98 Å². The normalized spacial score (nSPS) is 12.1. The molecule has 0 saturated carbocycles. The number of nitrogens with two attached hydrogens (primary N) is 1. The SMILES string of the molecule is CCC(=O)OC(C)[C@@H](CCOC)OCc1ccccc1.COc1ccnc(C(N)=O)c1O. The number of rotatable bonds is 11. The van der Waals surface area contributed by atoms with Crippen LogP contribution in [0.5, 0.6) is 11.5 Å². The number of hydrogen-bond donors (Lipinski definition) is 2. The second kappa shape index (κ2) is 14.8. The molecule has 1 aromatic carbocycles. The van der Waals surface area contributed by atoms with Gasteiger partial charge in [-0.1, -0.05) is 37.3 Å². The lowest BCUT2D eigenvalue weighted by molar-refractivity contribution is -0.157. The molecule has 3 N–H and O–H groups in total. The van der Waals surface area contributed by atoms with Gasteiger partial charge in [-0.2, -0.15) is 0 Å². The zero-order chi connectivity index (χ0) is 23.9. The molecule has 1 amide bonds. The summed E-state index contributed by atoms with van der Waals surface area (Å²) in [4.78, 5) is 25.6. The van der Waals surface area contributed by atoms with Crippen LogP contribution in [0.4, 0.5) is 0 Å². The van der Waals surface area contributed by atoms with Crippen LogP contribution in [0.1, 0.15) is 42.7 Å². The molecule has 1 aromatic heterocycles. The van der Waals surface area contributed by atoms with Crippen molar-refractivity contribution in [3.63, 3.8) is 0 Å². The summed E-state index contributed by atoms with van der Waals surface area (Å²) in [5.41, 5.74) is 5.84. The number of nitrogens with zero attached hydrogens (tertiary/aromatic N) is 1. The molecule has 2 atom stereocenters. The van der Waals surface area contributed by atoms with E-state index in [0.717, 1.165) is 5.56 Å². The van der Waals surface area contributed by atoms with Crippen LogP contribution in [0.3, 0.4) is 0 Å². The Morgan fingerprint density at radius 1 is 1.16 bits per heavy atom. The molecule has 0 spiro atoms. The second-order valence-corrected chi connectivity index (χ2v) is 6.74. The van der Waals surface area contributed by atoms with Gasteiger partial charge in [-0.05, 0) is 12.5 Å². The monoisotopic (exact) mass is 448 g/mol. The summed E-state index contributed by atoms with van der Waals surface area (Å²) >= 11 is 0. The average molecular weight is 449 g/mol. The average Bonchev–Trinajstić information content (AvgIpc) is 2.80. The molecule has 1 heterocycles. The first-order valence-corrected chi connectivity index (χ1v) is 10.2. The van der Waals surface area contributed by atoms with Crippen molar-refractivity contribution in [1.29, 1.82) is 0 Å². The highest BCUT2D eigenvalue weighted by Crippen LogP contribution is 2.26. The van der Waals surface area contributed by atoms with Crippen LogP contribution in [-0.4, -0.2) is 55.0 Å². The predicted molar refractivity (Wildman–Crippen MR) is 118 cm³/mol. The third-order valence-corrected chi connectivity index (χ3v) is 4.38. The van der Waals surface area contributed by atoms with Crippen LogP contribution in [0.15, 0.2) is 42.6 Å². The van der Waals surface area contributed by atoms with E-state index in [9.17, 15) is 14.7 Å². The Labute approximate surface area is 188 Å². The van der Waals surface area contributed by atoms with Gasteiger partial charge in [0.05, 0.1) is 19.8 Å². The van der Waals surface area contributed by atoms with E-state index in [1.807, 2.05) is 37.3 Å². The van der Waals surface area contributed by atoms with Gasteiger partial charge in [0.25, 0.3) is 5.91 Å². The minimum Gasteiger partial charge on any atom is -0.503 e. The van der Waals surface area contributed by atoms with Crippen LogP contribution in [0.25, 0.3) is 0 Å². The number of pyridine rings is 1. The molecule has 176 valence electrons. The maximum Gasteiger partial charge on any atom is 0.305 e. The number of benzene rings is 1. The van der Waals surface area contributed by atoms with E-state index in [1.165, 1.54) is 19.4 Å². The Morgan fingerprint density at radius 2 is 1.84 bits per heavy atom. The third-order valence-electron chi connectivity index (χ3n) is 4.38. The largest absolute Gasteiger partial charge is 0.503 e. The zero-order valence-electron chi connectivity index (χ0n) is 18.9. The van der Waals surface area contributed by atoms with E-state index >= 15 is 0 Å². The molecule has 9 heteroatoms. The van der Waals surface area contributed by atoms with Crippen molar-refractivity contribution in [2.75, 3.05) is 20.8 Å². The van der Waals surface area contributed by atoms with Gasteiger partial charge in [0, 0.05) is 38.8 Å². The molecular weight excluding hydrogens is 416 g/mol. The van der Waals surface area contributed by atoms with E-state index in [4.69, 9.17) is 24.7 Å². The lowest BCUT2D eigenvalue weighted by Gasteiger charge is -2.24. The zero-order valence-corrected chi connectivity index (χ0v) is 18.9. The van der Waals surface area contributed by atoms with Crippen LogP contribution >= 0.6 is 0 Å². The number of amides is 1. The summed E-state index contributed by atoms with van der Waals surface area (Å²) in [6.07, 6.45) is 1.96. The summed E-state index contributed by atoms with van der Waals surface area (Å²) in [6, 6.07) is 11.4. The number of methoxy groups -OCH3 is 2. The predicted octanol–water partition coefficient (Wildman–Crippen LogP) is 2.84. The molecule has 0 aliphatic heterocycles. The maximum absolute atomic E-state index is 11.4. The molecule has 32 heavy (non-hydrogen) atoms. The summed E-state index contributed by atoms with van der Waals surface area (Å²) < 4.78 is 21.0. The molecule has 0 radical (unpaired) electrons. The third kappa shape index (κ3) is 9.32. The molecule has 0 aliphatic carbocycles. The van der Waals surface area contributed by atoms with Gasteiger partial charge >= 0.3 is 5.97 Å². The smallest absolute Gasteiger partial charge is 0.305 e. The van der Waals surface area contributed by atoms with Crippen molar-refractivity contribution in [2.45, 2.75) is 45.5 Å². The lowest BCUT2D eigenvalue weighted by atomic mass is 10.1. The van der Waals surface area contributed by atoms with Gasteiger partial charge in [-0.15, -0.1) is 0 Å². The second-order valence-electron chi connectivity index (χ2n) is 6.74. The number of esters is 1. The number of hydrogen-bond acceptors (Lipinski definition) is 8. The van der Waals surface area contributed by atoms with Crippen LogP contribution in [0.2, 0.25) is 0 Å². The van der Waals surface area contributed by atoms with Gasteiger partial charge in [0.1, 0.15) is 6.10 Å². The Kier molecular flexibility index (Phi) is 12.4. The van der Waals surface area contributed by atoms with E-state index < -0.39 is 5.91 Å². The molecule has 9 nitrogen and oxygen atoms in total. The molecule has 0 aliphatic rings. The van der Waals surface area contributed by atoms with E-state index in [2.05, 4.69) is 4.98 Å². The highest BCUT2D eigenvalue weighted by atomic mass is 16.6. The van der Waals surface area contributed by atoms with E-state index in [-0.39, 0.29) is 35.4 Å². The molecule has 1 unspecified atom stereocenters. The van der Waals surface area contributed by atoms with Crippen molar-refractivity contribution in [3.05, 3.63) is 53.9 Å². The maximum atomic E-state index is 11.4. The minimum absolute atomic E-state index is 0.161. The Morgan fingerprint density at radius 3 is 2.41 bits per heavy atom. The first kappa shape index (κ1) is 26.9. The Hall–Kier alpha value is -3.17. The first-order valence-electron chi connectivity index (χ1n) is 10.2. The van der Waals surface area contributed by atoms with Crippen molar-refractivity contribution >= 4 is 11.9 Å². The molecule has 0 bridgehead atoms. The van der Waals surface area contributed by atoms with Gasteiger partial charge in [0.15, 0.2) is 17.2 Å². The minimum atomic E-state index is -0.786. The Bertz CT molecular complexity index is 830. The highest BCUT2D eigenvalue weighted by Gasteiger charge is 2.21. The standard InChI is InChI=1S/C16H24O4.C7H8N2O3/c1-4-16(17)20-13(2)15(10-11-18-3)19-12-14-8-6-5-7-9-14;1-12-4-2-3-9-5(6(4)10)7(8)11/h5-9,13,15H,4,10-12H2,1-3H3;2-3,10H,1H3,(H2,8,11)/t13?,15-;/m1./s1. The van der Waals surface area contributed by atoms with Gasteiger partial charge in [0.2, 0.25) is 0 Å². The molecule has 0 fully saturated rings. The molecular formula is C23H32N2O7. The Balaban J connectivity index is 0.000000363. The molecule has 0 saturated heterocycles. The van der Waals surface area contributed by atoms with E-state index in [1.54, 1.807) is 14.0 Å². The van der Waals surface area contributed by atoms with Gasteiger partial charge in [-0.3, -0.25) is 9.59 Å². The van der Waals surface area contributed by atoms with Crippen molar-refractivity contribution < 1.29 is 33.6 Å². The van der Waals surface area contributed by atoms with Gasteiger partial charge < -0.3 is 29.8 Å². The highest BCUT2D eigenvalue weighted by molar-refractivity contribution is 5.94. The number of carbonyl (C=O) groups is 2. The summed E-state index contributed by atoms with van der Waals surface area (Å²) in [5, 5.41) is 9.27. The number of ether oxygens (including phenoxy) is 4. The van der Waals surface area contributed by atoms with E-state index in [0.29, 0.717) is 26.1 Å². The van der Waals surface area contributed by atoms with Crippen molar-refractivity contribution in [3.8, 4) is 11.5 Å². The number of carbonyl (C=O) groups excluding carboxylic acids is 2. The number of aromatic hydroxyl groups is 1. The van der Waals surface area contributed by atoms with Crippen LogP contribution in [0, 0.1) is 0 Å². The lowest BCUT2D eigenvalue weighted by Crippen LogP contribution is -2.32. The van der Waals surface area contributed by atoms with Crippen LogP contribution in [-0.2, 0) is 25.6 Å². The number of aromatic nitrogens is 1. The van der Waals surface area contributed by atoms with Crippen molar-refractivity contribution in [2.24, 2.45) is 5.73 Å². The molecule has 2 rings (SSSR count). The van der Waals surface area contributed by atoms with Crippen LogP contribution < -0.4 is 10.5 Å². The topological polar surface area (TPSA) is 130 Å². The summed E-state index contributed by atoms with van der Waals surface area (Å²) in [5.74, 6) is -1.14. The first-order chi connectivity index (χ1) is 15.3. The quantitative estimate of drug-likeness (QED) is 0.502. The fourth-order valence-electron chi connectivity index (χ4n) is 2.61. The fraction of sp³-hybridized carbons (Fsp3) is 0.435. The summed E-state index contributed by atoms with van der Waals surface area (Å²) in [7, 11) is 3.02. The fourth-order valence-corrected chi connectivity index (χ4v) is 2.61. The summed E-state index contributed by atoms with van der Waals surface area (Å²) in [6.45, 7) is 4.72. The van der Waals surface area contributed by atoms with Crippen molar-refractivity contribution in [1.82, 2.24) is 4.98 Å². The molecule has 2 aromatic rings.